The Hall–Kier alpha value is -0.410. The topological polar surface area (TPSA) is 16.1 Å². The summed E-state index contributed by atoms with van der Waals surface area (Å²) >= 11 is 1.91. The number of rotatable bonds is 2. The van der Waals surface area contributed by atoms with Gasteiger partial charge in [-0.3, -0.25) is 0 Å². The Morgan fingerprint density at radius 3 is 3.00 bits per heavy atom. The van der Waals surface area contributed by atoms with E-state index in [1.807, 2.05) is 11.3 Å². The minimum absolute atomic E-state index is 0.723. The maximum absolute atomic E-state index is 4.72. The quantitative estimate of drug-likeness (QED) is 0.745. The average molecular weight is 210 g/mol. The second-order valence-electron chi connectivity index (χ2n) is 4.56. The maximum atomic E-state index is 4.72. The summed E-state index contributed by atoms with van der Waals surface area (Å²) in [5, 5.41) is 1.33. The summed E-state index contributed by atoms with van der Waals surface area (Å²) in [6.07, 6.45) is 2.28. The highest BCUT2D eigenvalue weighted by Crippen LogP contribution is 2.25. The first-order valence-electron chi connectivity index (χ1n) is 5.31. The first kappa shape index (κ1) is 10.1. The largest absolute Gasteiger partial charge is 0.301 e. The molecular formula is C11H18N2S. The predicted octanol–water partition coefficient (Wildman–Crippen LogP) is 2.33. The van der Waals surface area contributed by atoms with E-state index >= 15 is 0 Å². The van der Waals surface area contributed by atoms with Gasteiger partial charge in [-0.2, -0.15) is 0 Å². The van der Waals surface area contributed by atoms with E-state index in [-0.39, 0.29) is 0 Å². The van der Waals surface area contributed by atoms with Gasteiger partial charge >= 0.3 is 0 Å². The second-order valence-corrected chi connectivity index (χ2v) is 5.73. The van der Waals surface area contributed by atoms with E-state index in [0.29, 0.717) is 0 Å². The van der Waals surface area contributed by atoms with E-state index in [2.05, 4.69) is 25.8 Å². The molecule has 0 amide bonds. The Kier molecular flexibility index (Phi) is 2.88. The second kappa shape index (κ2) is 3.99. The molecule has 2 nitrogen and oxygen atoms in total. The molecule has 1 aromatic heterocycles. The van der Waals surface area contributed by atoms with Crippen molar-refractivity contribution in [1.82, 2.24) is 9.88 Å². The third-order valence-corrected chi connectivity index (χ3v) is 3.65. The van der Waals surface area contributed by atoms with Crippen LogP contribution in [0.4, 0.5) is 0 Å². The van der Waals surface area contributed by atoms with Gasteiger partial charge in [0.1, 0.15) is 0 Å². The molecule has 0 unspecified atom stereocenters. The van der Waals surface area contributed by atoms with Crippen molar-refractivity contribution in [1.29, 1.82) is 0 Å². The van der Waals surface area contributed by atoms with Crippen molar-refractivity contribution in [2.24, 2.45) is 5.92 Å². The number of hydrogen-bond acceptors (Lipinski definition) is 3. The molecule has 0 saturated heterocycles. The highest BCUT2D eigenvalue weighted by atomic mass is 32.1. The summed E-state index contributed by atoms with van der Waals surface area (Å²) in [6.45, 7) is 6.78. The first-order chi connectivity index (χ1) is 6.65. The summed E-state index contributed by atoms with van der Waals surface area (Å²) in [6, 6.07) is 0. The number of nitrogens with zero attached hydrogens (tertiary/aromatic N) is 2. The van der Waals surface area contributed by atoms with Gasteiger partial charge in [-0.15, -0.1) is 11.3 Å². The van der Waals surface area contributed by atoms with Gasteiger partial charge in [0.05, 0.1) is 10.7 Å². The van der Waals surface area contributed by atoms with Gasteiger partial charge in [0, 0.05) is 30.8 Å². The fourth-order valence-corrected chi connectivity index (χ4v) is 3.22. The maximum Gasteiger partial charge on any atom is 0.0934 e. The van der Waals surface area contributed by atoms with Crippen LogP contribution in [0.1, 0.15) is 29.4 Å². The van der Waals surface area contributed by atoms with Crippen molar-refractivity contribution in [3.63, 3.8) is 0 Å². The SMILES string of the molecule is CC(C)Cc1nc2c(s1)CN(C)CC2. The molecule has 14 heavy (non-hydrogen) atoms. The van der Waals surface area contributed by atoms with Crippen LogP contribution >= 0.6 is 11.3 Å². The molecule has 0 aliphatic carbocycles. The number of aromatic nitrogens is 1. The molecule has 0 radical (unpaired) electrons. The summed E-state index contributed by atoms with van der Waals surface area (Å²) in [5.41, 5.74) is 1.36. The van der Waals surface area contributed by atoms with Crippen molar-refractivity contribution in [2.45, 2.75) is 33.2 Å². The van der Waals surface area contributed by atoms with Crippen molar-refractivity contribution < 1.29 is 0 Å². The molecule has 1 aromatic rings. The van der Waals surface area contributed by atoms with Gasteiger partial charge in [0.2, 0.25) is 0 Å². The highest BCUT2D eigenvalue weighted by Gasteiger charge is 2.18. The number of thiazole rings is 1. The fraction of sp³-hybridized carbons (Fsp3) is 0.727. The Bertz CT molecular complexity index is 317. The van der Waals surface area contributed by atoms with Gasteiger partial charge in [0.25, 0.3) is 0 Å². The average Bonchev–Trinajstić information content (AvgIpc) is 2.44. The molecule has 2 rings (SSSR count). The van der Waals surface area contributed by atoms with Crippen LogP contribution in [0.5, 0.6) is 0 Å². The lowest BCUT2D eigenvalue weighted by atomic mass is 10.1. The van der Waals surface area contributed by atoms with Crippen LogP contribution in [0.2, 0.25) is 0 Å². The Morgan fingerprint density at radius 1 is 1.50 bits per heavy atom. The third kappa shape index (κ3) is 2.15. The van der Waals surface area contributed by atoms with Crippen LogP contribution < -0.4 is 0 Å². The van der Waals surface area contributed by atoms with E-state index in [9.17, 15) is 0 Å². The van der Waals surface area contributed by atoms with Crippen molar-refractivity contribution >= 4 is 11.3 Å². The zero-order valence-electron chi connectivity index (χ0n) is 9.21. The molecule has 1 aliphatic heterocycles. The Labute approximate surface area is 90.0 Å². The zero-order valence-corrected chi connectivity index (χ0v) is 10.0. The summed E-state index contributed by atoms with van der Waals surface area (Å²) < 4.78 is 0. The lowest BCUT2D eigenvalue weighted by Crippen LogP contribution is -2.25. The van der Waals surface area contributed by atoms with E-state index in [1.165, 1.54) is 15.6 Å². The molecule has 0 spiro atoms. The molecule has 0 atom stereocenters. The van der Waals surface area contributed by atoms with Gasteiger partial charge in [-0.1, -0.05) is 13.8 Å². The van der Waals surface area contributed by atoms with Crippen molar-refractivity contribution in [2.75, 3.05) is 13.6 Å². The van der Waals surface area contributed by atoms with Gasteiger partial charge in [-0.05, 0) is 13.0 Å². The monoisotopic (exact) mass is 210 g/mol. The van der Waals surface area contributed by atoms with E-state index in [1.54, 1.807) is 0 Å². The van der Waals surface area contributed by atoms with Crippen molar-refractivity contribution in [3.8, 4) is 0 Å². The predicted molar refractivity (Wildman–Crippen MR) is 60.7 cm³/mol. The molecule has 0 fully saturated rings. The first-order valence-corrected chi connectivity index (χ1v) is 6.13. The van der Waals surface area contributed by atoms with E-state index in [0.717, 1.165) is 31.8 Å². The summed E-state index contributed by atoms with van der Waals surface area (Å²) in [7, 11) is 2.19. The lowest BCUT2D eigenvalue weighted by Gasteiger charge is -2.20. The van der Waals surface area contributed by atoms with Crippen LogP contribution in [-0.4, -0.2) is 23.5 Å². The smallest absolute Gasteiger partial charge is 0.0934 e. The minimum atomic E-state index is 0.723. The van der Waals surface area contributed by atoms with Gasteiger partial charge < -0.3 is 4.90 Å². The molecule has 2 heterocycles. The van der Waals surface area contributed by atoms with Crippen LogP contribution in [0.25, 0.3) is 0 Å². The molecule has 0 aromatic carbocycles. The standard InChI is InChI=1S/C11H18N2S/c1-8(2)6-11-12-9-4-5-13(3)7-10(9)14-11/h8H,4-7H2,1-3H3. The van der Waals surface area contributed by atoms with Crippen LogP contribution in [-0.2, 0) is 19.4 Å². The zero-order chi connectivity index (χ0) is 10.1. The van der Waals surface area contributed by atoms with Crippen LogP contribution in [0, 0.1) is 5.92 Å². The van der Waals surface area contributed by atoms with Gasteiger partial charge in [0.15, 0.2) is 0 Å². The minimum Gasteiger partial charge on any atom is -0.301 e. The number of likely N-dealkylation sites (N-methyl/N-ethyl adjacent to an activating group) is 1. The van der Waals surface area contributed by atoms with E-state index < -0.39 is 0 Å². The fourth-order valence-electron chi connectivity index (χ4n) is 1.81. The van der Waals surface area contributed by atoms with Crippen molar-refractivity contribution in [3.05, 3.63) is 15.6 Å². The lowest BCUT2D eigenvalue weighted by molar-refractivity contribution is 0.314. The third-order valence-electron chi connectivity index (χ3n) is 2.55. The molecule has 1 aliphatic rings. The molecule has 0 saturated carbocycles. The van der Waals surface area contributed by atoms with Gasteiger partial charge in [-0.25, -0.2) is 4.98 Å². The molecule has 78 valence electrons. The summed E-state index contributed by atoms with van der Waals surface area (Å²) in [4.78, 5) is 8.59. The van der Waals surface area contributed by atoms with Crippen LogP contribution in [0.15, 0.2) is 0 Å². The Balaban J connectivity index is 2.15. The summed E-state index contributed by atoms with van der Waals surface area (Å²) in [5.74, 6) is 0.723. The van der Waals surface area contributed by atoms with E-state index in [4.69, 9.17) is 4.98 Å². The molecule has 0 N–H and O–H groups in total. The normalized spacial score (nSPS) is 17.4. The number of fused-ring (bicyclic) bond motifs is 1. The number of hydrogen-bond donors (Lipinski definition) is 0. The van der Waals surface area contributed by atoms with Crippen LogP contribution in [0.3, 0.4) is 0 Å². The molecule has 0 bridgehead atoms. The molecule has 3 heteroatoms. The highest BCUT2D eigenvalue weighted by molar-refractivity contribution is 7.11. The molecular weight excluding hydrogens is 192 g/mol. The Morgan fingerprint density at radius 2 is 2.29 bits per heavy atom.